The fourth-order valence-corrected chi connectivity index (χ4v) is 5.58. The van der Waals surface area contributed by atoms with Gasteiger partial charge in [0.05, 0.1) is 10.6 Å². The topological polar surface area (TPSA) is 86.7 Å². The molecule has 0 spiro atoms. The van der Waals surface area contributed by atoms with Crippen LogP contribution >= 0.6 is 0 Å². The van der Waals surface area contributed by atoms with Gasteiger partial charge in [-0.05, 0) is 62.6 Å². The molecule has 0 aliphatic heterocycles. The average molecular weight is 479 g/mol. The summed E-state index contributed by atoms with van der Waals surface area (Å²) in [6.07, 6.45) is 1.21. The molecule has 3 aromatic carbocycles. The maximum absolute atomic E-state index is 13.2. The summed E-state index contributed by atoms with van der Waals surface area (Å²) in [5, 5.41) is 0. The van der Waals surface area contributed by atoms with E-state index in [-0.39, 0.29) is 22.2 Å². The first-order valence-electron chi connectivity index (χ1n) is 11.1. The van der Waals surface area contributed by atoms with Crippen LogP contribution in [0.25, 0.3) is 0 Å². The van der Waals surface area contributed by atoms with Crippen molar-refractivity contribution < 1.29 is 27.5 Å². The number of benzene rings is 3. The number of hydrogen-bond donors (Lipinski definition) is 0. The summed E-state index contributed by atoms with van der Waals surface area (Å²) in [4.78, 5) is 26.5. The van der Waals surface area contributed by atoms with E-state index in [0.29, 0.717) is 64.3 Å². The van der Waals surface area contributed by atoms with Crippen LogP contribution in [0.4, 0.5) is 0 Å². The Hall–Kier alpha value is -3.29. The number of sulfone groups is 1. The number of unbranched alkanes of at least 4 members (excludes halogenated alkanes) is 1. The summed E-state index contributed by atoms with van der Waals surface area (Å²) in [7, 11) is -1.80. The first-order chi connectivity index (χ1) is 16.2. The third-order valence-electron chi connectivity index (χ3n) is 6.03. The lowest BCUT2D eigenvalue weighted by Gasteiger charge is -2.23. The molecule has 176 valence electrons. The predicted octanol–water partition coefficient (Wildman–Crippen LogP) is 5.07. The molecule has 1 aliphatic carbocycles. The maximum Gasteiger partial charge on any atom is 0.194 e. The van der Waals surface area contributed by atoms with Crippen LogP contribution in [0.3, 0.4) is 0 Å². The third kappa shape index (κ3) is 4.41. The van der Waals surface area contributed by atoms with E-state index in [1.54, 1.807) is 63.4 Å². The number of hydrogen-bond acceptors (Lipinski definition) is 6. The van der Waals surface area contributed by atoms with Gasteiger partial charge in [-0.15, -0.1) is 0 Å². The number of ether oxygens (including phenoxy) is 2. The zero-order valence-electron chi connectivity index (χ0n) is 19.4. The maximum atomic E-state index is 13.2. The summed E-state index contributed by atoms with van der Waals surface area (Å²) in [6.45, 7) is 4.07. The fraction of sp³-hybridized carbons (Fsp3) is 0.259. The highest BCUT2D eigenvalue weighted by Gasteiger charge is 2.33. The lowest BCUT2D eigenvalue weighted by Crippen LogP contribution is -2.23. The molecule has 34 heavy (non-hydrogen) atoms. The lowest BCUT2D eigenvalue weighted by molar-refractivity contribution is 0.0977. The monoisotopic (exact) mass is 478 g/mol. The fourth-order valence-electron chi connectivity index (χ4n) is 4.21. The van der Waals surface area contributed by atoms with Crippen molar-refractivity contribution in [1.82, 2.24) is 0 Å². The van der Waals surface area contributed by atoms with Crippen molar-refractivity contribution in [1.29, 1.82) is 0 Å². The number of rotatable bonds is 8. The molecule has 0 unspecified atom stereocenters. The molecule has 6 nitrogen and oxygen atoms in total. The van der Waals surface area contributed by atoms with Crippen molar-refractivity contribution in [2.75, 3.05) is 19.5 Å². The summed E-state index contributed by atoms with van der Waals surface area (Å²) < 4.78 is 36.1. The van der Waals surface area contributed by atoms with Gasteiger partial charge in [0, 0.05) is 41.5 Å². The smallest absolute Gasteiger partial charge is 0.194 e. The third-order valence-corrected chi connectivity index (χ3v) is 7.85. The van der Waals surface area contributed by atoms with Crippen LogP contribution in [0.15, 0.2) is 59.5 Å². The van der Waals surface area contributed by atoms with Crippen LogP contribution in [0.1, 0.15) is 55.8 Å². The van der Waals surface area contributed by atoms with Gasteiger partial charge >= 0.3 is 0 Å². The van der Waals surface area contributed by atoms with Crippen molar-refractivity contribution in [2.45, 2.75) is 31.6 Å². The molecule has 0 saturated heterocycles. The molecule has 0 radical (unpaired) electrons. The van der Waals surface area contributed by atoms with E-state index < -0.39 is 9.84 Å². The Labute approximate surface area is 199 Å². The van der Waals surface area contributed by atoms with E-state index in [1.807, 2.05) is 0 Å². The van der Waals surface area contributed by atoms with E-state index >= 15 is 0 Å². The Morgan fingerprint density at radius 1 is 0.824 bits per heavy atom. The van der Waals surface area contributed by atoms with E-state index in [4.69, 9.17) is 9.47 Å². The Kier molecular flexibility index (Phi) is 6.68. The molecule has 0 atom stereocenters. The molecule has 0 aromatic heterocycles. The molecular weight excluding hydrogens is 452 g/mol. The molecule has 0 N–H and O–H groups in total. The molecule has 7 heteroatoms. The second-order valence-corrected chi connectivity index (χ2v) is 10.5. The van der Waals surface area contributed by atoms with E-state index in [0.717, 1.165) is 0 Å². The highest BCUT2D eigenvalue weighted by atomic mass is 32.2. The predicted molar refractivity (Wildman–Crippen MR) is 129 cm³/mol. The number of methoxy groups -OCH3 is 1. The molecule has 0 amide bonds. The lowest BCUT2D eigenvalue weighted by atomic mass is 9.80. The highest BCUT2D eigenvalue weighted by molar-refractivity contribution is 7.91. The van der Waals surface area contributed by atoms with Gasteiger partial charge in [-0.25, -0.2) is 8.42 Å². The van der Waals surface area contributed by atoms with Crippen molar-refractivity contribution >= 4 is 21.4 Å². The van der Waals surface area contributed by atoms with Crippen molar-refractivity contribution in [3.63, 3.8) is 0 Å². The molecule has 0 fully saturated rings. The summed E-state index contributed by atoms with van der Waals surface area (Å²) in [6, 6.07) is 14.8. The average Bonchev–Trinajstić information content (AvgIpc) is 2.83. The number of fused-ring (bicyclic) bond motifs is 2. The van der Waals surface area contributed by atoms with E-state index in [2.05, 4.69) is 0 Å². The standard InChI is InChI=1S/C27H26O6S/c1-17-16-23(18(2)25-24(17)26(28)21-8-4-5-9-22(21)27(25)29)33-19-10-12-20(13-11-19)34(30,31)15-7-6-14-32-3/h4-5,8-13,16H,6-7,14-15H2,1-3H3. The number of ketones is 2. The Morgan fingerprint density at radius 3 is 2.06 bits per heavy atom. The minimum Gasteiger partial charge on any atom is -0.457 e. The van der Waals surface area contributed by atoms with E-state index in [9.17, 15) is 18.0 Å². The molecule has 0 saturated carbocycles. The normalized spacial score (nSPS) is 12.9. The van der Waals surface area contributed by atoms with Crippen molar-refractivity contribution in [3.05, 3.63) is 88.0 Å². The molecule has 3 aromatic rings. The van der Waals surface area contributed by atoms with Gasteiger partial charge in [0.15, 0.2) is 21.4 Å². The van der Waals surface area contributed by atoms with Crippen LogP contribution in [-0.4, -0.2) is 39.5 Å². The summed E-state index contributed by atoms with van der Waals surface area (Å²) in [5.41, 5.74) is 2.79. The molecule has 0 bridgehead atoms. The molecule has 0 heterocycles. The SMILES string of the molecule is COCCCCS(=O)(=O)c1ccc(Oc2cc(C)c3c(c2C)C(=O)c2ccccc2C3=O)cc1. The highest BCUT2D eigenvalue weighted by Crippen LogP contribution is 2.37. The van der Waals surface area contributed by atoms with Crippen LogP contribution in [0.2, 0.25) is 0 Å². The quantitative estimate of drug-likeness (QED) is 0.329. The second-order valence-electron chi connectivity index (χ2n) is 8.36. The zero-order valence-corrected chi connectivity index (χ0v) is 20.2. The minimum absolute atomic E-state index is 0.0529. The van der Waals surface area contributed by atoms with Gasteiger partial charge in [-0.1, -0.05) is 24.3 Å². The van der Waals surface area contributed by atoms with Crippen LogP contribution in [0.5, 0.6) is 11.5 Å². The molecule has 1 aliphatic rings. The summed E-state index contributed by atoms with van der Waals surface area (Å²) >= 11 is 0. The Balaban J connectivity index is 1.61. The van der Waals surface area contributed by atoms with Crippen LogP contribution < -0.4 is 4.74 Å². The second kappa shape index (κ2) is 9.52. The van der Waals surface area contributed by atoms with Gasteiger partial charge in [-0.3, -0.25) is 9.59 Å². The number of aryl methyl sites for hydroxylation is 1. The first-order valence-corrected chi connectivity index (χ1v) is 12.7. The molecular formula is C27H26O6S. The number of carbonyl (C=O) groups excluding carboxylic acids is 2. The van der Waals surface area contributed by atoms with Gasteiger partial charge in [0.2, 0.25) is 0 Å². The summed E-state index contributed by atoms with van der Waals surface area (Å²) in [5.74, 6) is 0.573. The Bertz CT molecular complexity index is 1370. The molecule has 4 rings (SSSR count). The minimum atomic E-state index is -3.39. The van der Waals surface area contributed by atoms with Gasteiger partial charge < -0.3 is 9.47 Å². The van der Waals surface area contributed by atoms with Gasteiger partial charge in [0.25, 0.3) is 0 Å². The number of carbonyl (C=O) groups is 2. The van der Waals surface area contributed by atoms with E-state index in [1.165, 1.54) is 12.1 Å². The van der Waals surface area contributed by atoms with Gasteiger partial charge in [0.1, 0.15) is 11.5 Å². The van der Waals surface area contributed by atoms with Crippen molar-refractivity contribution in [3.8, 4) is 11.5 Å². The Morgan fingerprint density at radius 2 is 1.44 bits per heavy atom. The van der Waals surface area contributed by atoms with Crippen LogP contribution in [0, 0.1) is 13.8 Å². The first kappa shape index (κ1) is 23.9. The largest absolute Gasteiger partial charge is 0.457 e. The van der Waals surface area contributed by atoms with Crippen LogP contribution in [-0.2, 0) is 14.6 Å². The van der Waals surface area contributed by atoms with Crippen molar-refractivity contribution in [2.24, 2.45) is 0 Å². The zero-order chi connectivity index (χ0) is 24.5. The van der Waals surface area contributed by atoms with Gasteiger partial charge in [-0.2, -0.15) is 0 Å².